The van der Waals surface area contributed by atoms with Crippen LogP contribution in [0.4, 0.5) is 4.79 Å². The summed E-state index contributed by atoms with van der Waals surface area (Å²) < 4.78 is 4.46. The third-order valence-corrected chi connectivity index (χ3v) is 4.13. The first-order valence-corrected chi connectivity index (χ1v) is 7.53. The van der Waals surface area contributed by atoms with Gasteiger partial charge in [0, 0.05) is 19.6 Å². The summed E-state index contributed by atoms with van der Waals surface area (Å²) in [6.45, 7) is 1.92. The van der Waals surface area contributed by atoms with E-state index in [1.54, 1.807) is 4.90 Å². The summed E-state index contributed by atoms with van der Waals surface area (Å²) in [5, 5.41) is 2.42. The molecule has 3 N–H and O–H groups in total. The third-order valence-electron chi connectivity index (χ3n) is 4.13. The standard InChI is InChI=1S/C16H23N3O3/c1-22-16(21)18-11-15(20)19-8-6-12(7-9-19)14-5-3-2-4-13(14)10-17/h2-5,12H,6-11,17H2,1H3,(H,18,21). The van der Waals surface area contributed by atoms with E-state index in [0.29, 0.717) is 25.6 Å². The van der Waals surface area contributed by atoms with E-state index in [2.05, 4.69) is 22.2 Å². The van der Waals surface area contributed by atoms with Crippen LogP contribution in [0.15, 0.2) is 24.3 Å². The van der Waals surface area contributed by atoms with Crippen LogP contribution in [0.2, 0.25) is 0 Å². The maximum Gasteiger partial charge on any atom is 0.407 e. The number of methoxy groups -OCH3 is 1. The van der Waals surface area contributed by atoms with Gasteiger partial charge in [0.1, 0.15) is 6.54 Å². The molecule has 0 aromatic heterocycles. The smallest absolute Gasteiger partial charge is 0.407 e. The average molecular weight is 305 g/mol. The van der Waals surface area contributed by atoms with Gasteiger partial charge >= 0.3 is 6.09 Å². The van der Waals surface area contributed by atoms with Gasteiger partial charge in [-0.3, -0.25) is 4.79 Å². The van der Waals surface area contributed by atoms with Gasteiger partial charge in [0.2, 0.25) is 5.91 Å². The summed E-state index contributed by atoms with van der Waals surface area (Å²) in [5.74, 6) is 0.369. The minimum Gasteiger partial charge on any atom is -0.453 e. The number of ether oxygens (including phenoxy) is 1. The largest absolute Gasteiger partial charge is 0.453 e. The molecule has 1 aromatic rings. The van der Waals surface area contributed by atoms with Crippen molar-refractivity contribution in [2.45, 2.75) is 25.3 Å². The first-order valence-electron chi connectivity index (χ1n) is 7.53. The Morgan fingerprint density at radius 1 is 1.32 bits per heavy atom. The van der Waals surface area contributed by atoms with E-state index in [9.17, 15) is 9.59 Å². The van der Waals surface area contributed by atoms with Crippen LogP contribution >= 0.6 is 0 Å². The zero-order valence-electron chi connectivity index (χ0n) is 12.9. The molecule has 0 atom stereocenters. The molecule has 0 bridgehead atoms. The van der Waals surface area contributed by atoms with E-state index in [0.717, 1.165) is 12.8 Å². The molecule has 2 rings (SSSR count). The predicted octanol–water partition coefficient (Wildman–Crippen LogP) is 1.21. The van der Waals surface area contributed by atoms with Gasteiger partial charge in [-0.1, -0.05) is 24.3 Å². The number of nitrogens with two attached hydrogens (primary N) is 1. The summed E-state index contributed by atoms with van der Waals surface area (Å²) in [6, 6.07) is 8.23. The topological polar surface area (TPSA) is 84.7 Å². The van der Waals surface area contributed by atoms with Crippen LogP contribution in [0.25, 0.3) is 0 Å². The van der Waals surface area contributed by atoms with Gasteiger partial charge in [-0.15, -0.1) is 0 Å². The van der Waals surface area contributed by atoms with E-state index in [4.69, 9.17) is 5.73 Å². The SMILES string of the molecule is COC(=O)NCC(=O)N1CCC(c2ccccc2CN)CC1. The van der Waals surface area contributed by atoms with E-state index < -0.39 is 6.09 Å². The Kier molecular flexibility index (Phi) is 5.77. The molecular weight excluding hydrogens is 282 g/mol. The quantitative estimate of drug-likeness (QED) is 0.875. The molecule has 1 heterocycles. The molecule has 6 nitrogen and oxygen atoms in total. The normalized spacial score (nSPS) is 15.5. The second kappa shape index (κ2) is 7.79. The number of hydrogen-bond donors (Lipinski definition) is 2. The van der Waals surface area contributed by atoms with Gasteiger partial charge in [0.25, 0.3) is 0 Å². The highest BCUT2D eigenvalue weighted by Crippen LogP contribution is 2.30. The van der Waals surface area contributed by atoms with Crippen molar-refractivity contribution in [2.75, 3.05) is 26.7 Å². The number of likely N-dealkylation sites (tertiary alicyclic amines) is 1. The van der Waals surface area contributed by atoms with E-state index in [1.807, 2.05) is 12.1 Å². The van der Waals surface area contributed by atoms with Gasteiger partial charge in [-0.25, -0.2) is 4.79 Å². The fourth-order valence-electron chi connectivity index (χ4n) is 2.89. The molecule has 1 fully saturated rings. The van der Waals surface area contributed by atoms with Gasteiger partial charge in [-0.2, -0.15) is 0 Å². The maximum atomic E-state index is 12.0. The lowest BCUT2D eigenvalue weighted by Gasteiger charge is -2.33. The van der Waals surface area contributed by atoms with Crippen molar-refractivity contribution in [3.8, 4) is 0 Å². The molecule has 1 aromatic carbocycles. The van der Waals surface area contributed by atoms with Crippen LogP contribution in [0.3, 0.4) is 0 Å². The van der Waals surface area contributed by atoms with E-state index in [1.165, 1.54) is 18.2 Å². The summed E-state index contributed by atoms with van der Waals surface area (Å²) in [5.41, 5.74) is 8.27. The lowest BCUT2D eigenvalue weighted by molar-refractivity contribution is -0.131. The van der Waals surface area contributed by atoms with Crippen LogP contribution in [0, 0.1) is 0 Å². The van der Waals surface area contributed by atoms with Gasteiger partial charge in [-0.05, 0) is 29.9 Å². The molecule has 0 unspecified atom stereocenters. The first-order chi connectivity index (χ1) is 10.7. The fraction of sp³-hybridized carbons (Fsp3) is 0.500. The monoisotopic (exact) mass is 305 g/mol. The Morgan fingerprint density at radius 3 is 2.64 bits per heavy atom. The van der Waals surface area contributed by atoms with E-state index >= 15 is 0 Å². The molecule has 2 amide bonds. The molecule has 0 spiro atoms. The van der Waals surface area contributed by atoms with Crippen molar-refractivity contribution in [2.24, 2.45) is 5.73 Å². The van der Waals surface area contributed by atoms with Crippen LogP contribution < -0.4 is 11.1 Å². The Bertz CT molecular complexity index is 525. The number of benzene rings is 1. The predicted molar refractivity (Wildman–Crippen MR) is 83.3 cm³/mol. The number of amides is 2. The van der Waals surface area contributed by atoms with Crippen molar-refractivity contribution in [3.05, 3.63) is 35.4 Å². The minimum absolute atomic E-state index is 0.0171. The van der Waals surface area contributed by atoms with Crippen LogP contribution in [0.5, 0.6) is 0 Å². The molecule has 22 heavy (non-hydrogen) atoms. The molecule has 0 radical (unpaired) electrons. The second-order valence-electron chi connectivity index (χ2n) is 5.40. The highest BCUT2D eigenvalue weighted by Gasteiger charge is 2.24. The third kappa shape index (κ3) is 3.98. The molecular formula is C16H23N3O3. The zero-order chi connectivity index (χ0) is 15.9. The molecule has 1 aliphatic rings. The number of hydrogen-bond acceptors (Lipinski definition) is 4. The Labute approximate surface area is 130 Å². The van der Waals surface area contributed by atoms with Crippen molar-refractivity contribution in [1.29, 1.82) is 0 Å². The van der Waals surface area contributed by atoms with E-state index in [-0.39, 0.29) is 12.5 Å². The Balaban J connectivity index is 1.87. The summed E-state index contributed by atoms with van der Waals surface area (Å²) in [6.07, 6.45) is 1.25. The number of carbonyl (C=O) groups excluding carboxylic acids is 2. The molecule has 0 saturated carbocycles. The second-order valence-corrected chi connectivity index (χ2v) is 5.40. The lowest BCUT2D eigenvalue weighted by atomic mass is 9.86. The van der Waals surface area contributed by atoms with Crippen LogP contribution in [-0.2, 0) is 16.1 Å². The number of nitrogens with zero attached hydrogens (tertiary/aromatic N) is 1. The highest BCUT2D eigenvalue weighted by molar-refractivity contribution is 5.82. The van der Waals surface area contributed by atoms with Crippen molar-refractivity contribution in [3.63, 3.8) is 0 Å². The lowest BCUT2D eigenvalue weighted by Crippen LogP contribution is -2.43. The molecule has 6 heteroatoms. The van der Waals surface area contributed by atoms with Crippen molar-refractivity contribution >= 4 is 12.0 Å². The highest BCUT2D eigenvalue weighted by atomic mass is 16.5. The Morgan fingerprint density at radius 2 is 2.00 bits per heavy atom. The van der Waals surface area contributed by atoms with Gasteiger partial charge < -0.3 is 20.7 Å². The van der Waals surface area contributed by atoms with Gasteiger partial charge in [0.05, 0.1) is 7.11 Å². The number of rotatable bonds is 4. The molecule has 1 saturated heterocycles. The zero-order valence-corrected chi connectivity index (χ0v) is 12.9. The molecule has 120 valence electrons. The number of alkyl carbamates (subject to hydrolysis) is 1. The van der Waals surface area contributed by atoms with Gasteiger partial charge in [0.15, 0.2) is 0 Å². The minimum atomic E-state index is -0.583. The van der Waals surface area contributed by atoms with Crippen molar-refractivity contribution in [1.82, 2.24) is 10.2 Å². The number of carbonyl (C=O) groups is 2. The van der Waals surface area contributed by atoms with Crippen LogP contribution in [0.1, 0.15) is 29.9 Å². The molecule has 1 aliphatic heterocycles. The summed E-state index contributed by atoms with van der Waals surface area (Å²) >= 11 is 0. The maximum absolute atomic E-state index is 12.0. The first kappa shape index (κ1) is 16.3. The van der Waals surface area contributed by atoms with Crippen LogP contribution in [-0.4, -0.2) is 43.6 Å². The molecule has 0 aliphatic carbocycles. The number of piperidine rings is 1. The summed E-state index contributed by atoms with van der Waals surface area (Å²) in [7, 11) is 1.28. The fourth-order valence-corrected chi connectivity index (χ4v) is 2.89. The average Bonchev–Trinajstić information content (AvgIpc) is 2.59. The van der Waals surface area contributed by atoms with Crippen molar-refractivity contribution < 1.29 is 14.3 Å². The number of nitrogens with one attached hydrogen (secondary N) is 1. The Hall–Kier alpha value is -2.08. The summed E-state index contributed by atoms with van der Waals surface area (Å²) in [4.78, 5) is 24.8.